The van der Waals surface area contributed by atoms with Crippen molar-refractivity contribution >= 4 is 11.4 Å². The normalized spacial score (nSPS) is 13.7. The number of hydrogen-bond donors (Lipinski definition) is 2. The number of anilines is 2. The molecule has 1 aliphatic carbocycles. The number of nitrogens with two attached hydrogens (primary N) is 2. The molecule has 4 N–H and O–H groups in total. The van der Waals surface area contributed by atoms with Crippen LogP contribution in [0.5, 0.6) is 17.2 Å². The second kappa shape index (κ2) is 9.06. The van der Waals surface area contributed by atoms with Crippen LogP contribution in [0.4, 0.5) is 11.4 Å². The molecule has 0 amide bonds. The first-order chi connectivity index (χ1) is 15.4. The summed E-state index contributed by atoms with van der Waals surface area (Å²) in [5, 5.41) is 0. The van der Waals surface area contributed by atoms with Crippen molar-refractivity contribution in [2.24, 2.45) is 0 Å². The quantitative estimate of drug-likeness (QED) is 0.428. The molecule has 32 heavy (non-hydrogen) atoms. The molecule has 162 valence electrons. The molecular weight excluding hydrogens is 396 g/mol. The molecule has 0 spiro atoms. The fourth-order valence-corrected chi connectivity index (χ4v) is 3.61. The van der Waals surface area contributed by atoms with Gasteiger partial charge in [-0.2, -0.15) is 0 Å². The summed E-state index contributed by atoms with van der Waals surface area (Å²) in [6.07, 6.45) is 9.19. The third-order valence-corrected chi connectivity index (χ3v) is 5.68. The highest BCUT2D eigenvalue weighted by molar-refractivity contribution is 5.46. The minimum Gasteiger partial charge on any atom is -0.457 e. The standard InChI is InChI=1S/C28H28N2O2/c1-28(2,21-7-14-25(15-8-21)32-27-18-11-23(30)12-19-27)20-4-3-5-24(13-6-20)31-26-16-9-22(29)10-17-26/h3,5-19H,4,29-30H2,1-2H3. The van der Waals surface area contributed by atoms with Crippen LogP contribution in [0.15, 0.2) is 108 Å². The fourth-order valence-electron chi connectivity index (χ4n) is 3.61. The second-order valence-electron chi connectivity index (χ2n) is 8.36. The summed E-state index contributed by atoms with van der Waals surface area (Å²) in [4.78, 5) is 0. The van der Waals surface area contributed by atoms with Gasteiger partial charge >= 0.3 is 0 Å². The molecule has 0 radical (unpaired) electrons. The van der Waals surface area contributed by atoms with E-state index in [2.05, 4.69) is 38.1 Å². The van der Waals surface area contributed by atoms with E-state index in [1.54, 1.807) is 0 Å². The summed E-state index contributed by atoms with van der Waals surface area (Å²) in [6.45, 7) is 4.48. The predicted octanol–water partition coefficient (Wildman–Crippen LogP) is 6.77. The van der Waals surface area contributed by atoms with Crippen molar-refractivity contribution < 1.29 is 9.47 Å². The summed E-state index contributed by atoms with van der Waals surface area (Å²) >= 11 is 0. The van der Waals surface area contributed by atoms with E-state index in [-0.39, 0.29) is 5.41 Å². The Bertz CT molecular complexity index is 1150. The first kappa shape index (κ1) is 21.3. The zero-order valence-corrected chi connectivity index (χ0v) is 18.4. The molecule has 0 atom stereocenters. The molecule has 0 bridgehead atoms. The SMILES string of the molecule is CC(C)(C1=CC=C(Oc2ccc(N)cc2)C=CC1)c1ccc(Oc2ccc(N)cc2)cc1. The van der Waals surface area contributed by atoms with Crippen LogP contribution in [-0.2, 0) is 5.41 Å². The maximum absolute atomic E-state index is 5.99. The highest BCUT2D eigenvalue weighted by Gasteiger charge is 2.25. The zero-order valence-electron chi connectivity index (χ0n) is 18.4. The lowest BCUT2D eigenvalue weighted by molar-refractivity contribution is 0.444. The van der Waals surface area contributed by atoms with Gasteiger partial charge in [0.1, 0.15) is 23.0 Å². The number of nitrogen functional groups attached to an aromatic ring is 2. The van der Waals surface area contributed by atoms with Crippen LogP contribution in [0, 0.1) is 0 Å². The smallest absolute Gasteiger partial charge is 0.127 e. The third kappa shape index (κ3) is 5.03. The van der Waals surface area contributed by atoms with Crippen molar-refractivity contribution in [2.45, 2.75) is 25.7 Å². The van der Waals surface area contributed by atoms with E-state index in [0.29, 0.717) is 0 Å². The van der Waals surface area contributed by atoms with Crippen LogP contribution in [-0.4, -0.2) is 0 Å². The Hall–Kier alpha value is -3.92. The van der Waals surface area contributed by atoms with Crippen LogP contribution >= 0.6 is 0 Å². The van der Waals surface area contributed by atoms with E-state index in [1.165, 1.54) is 11.1 Å². The van der Waals surface area contributed by atoms with E-state index >= 15 is 0 Å². The first-order valence-corrected chi connectivity index (χ1v) is 10.7. The number of allylic oxidation sites excluding steroid dienone is 5. The maximum Gasteiger partial charge on any atom is 0.127 e. The molecule has 0 saturated heterocycles. The monoisotopic (exact) mass is 424 g/mol. The van der Waals surface area contributed by atoms with Gasteiger partial charge in [0, 0.05) is 16.8 Å². The minimum absolute atomic E-state index is 0.142. The Balaban J connectivity index is 1.48. The summed E-state index contributed by atoms with van der Waals surface area (Å²) in [5.41, 5.74) is 15.3. The molecule has 0 aliphatic heterocycles. The molecule has 4 nitrogen and oxygen atoms in total. The number of rotatable bonds is 6. The molecule has 4 rings (SSSR count). The maximum atomic E-state index is 5.99. The lowest BCUT2D eigenvalue weighted by Gasteiger charge is -2.28. The van der Waals surface area contributed by atoms with E-state index in [9.17, 15) is 0 Å². The van der Waals surface area contributed by atoms with Gasteiger partial charge in [-0.3, -0.25) is 0 Å². The van der Waals surface area contributed by atoms with Gasteiger partial charge in [0.2, 0.25) is 0 Å². The molecule has 0 aromatic heterocycles. The highest BCUT2D eigenvalue weighted by atomic mass is 16.5. The van der Waals surface area contributed by atoms with Crippen molar-refractivity contribution in [1.82, 2.24) is 0 Å². The van der Waals surface area contributed by atoms with Gasteiger partial charge in [0.25, 0.3) is 0 Å². The molecule has 0 fully saturated rings. The van der Waals surface area contributed by atoms with Gasteiger partial charge in [-0.05, 0) is 84.8 Å². The van der Waals surface area contributed by atoms with Crippen molar-refractivity contribution in [3.05, 3.63) is 114 Å². The van der Waals surface area contributed by atoms with Crippen LogP contribution in [0.25, 0.3) is 0 Å². The zero-order chi connectivity index (χ0) is 22.6. The average molecular weight is 425 g/mol. The molecule has 3 aromatic carbocycles. The van der Waals surface area contributed by atoms with Gasteiger partial charge in [-0.15, -0.1) is 0 Å². The topological polar surface area (TPSA) is 70.5 Å². The molecule has 0 unspecified atom stereocenters. The number of hydrogen-bond acceptors (Lipinski definition) is 4. The van der Waals surface area contributed by atoms with Gasteiger partial charge in [-0.1, -0.05) is 43.7 Å². The van der Waals surface area contributed by atoms with Crippen LogP contribution in [0.3, 0.4) is 0 Å². The Morgan fingerprint density at radius 3 is 1.72 bits per heavy atom. The molecule has 1 aliphatic rings. The van der Waals surface area contributed by atoms with Crippen LogP contribution in [0.1, 0.15) is 25.8 Å². The Kier molecular flexibility index (Phi) is 6.04. The minimum atomic E-state index is -0.142. The molecule has 3 aromatic rings. The number of ether oxygens (including phenoxy) is 2. The summed E-state index contributed by atoms with van der Waals surface area (Å²) in [7, 11) is 0. The van der Waals surface area contributed by atoms with Gasteiger partial charge in [0.05, 0.1) is 0 Å². The Morgan fingerprint density at radius 1 is 0.656 bits per heavy atom. The van der Waals surface area contributed by atoms with E-state index in [0.717, 1.165) is 40.8 Å². The summed E-state index contributed by atoms with van der Waals surface area (Å²) < 4.78 is 11.9. The predicted molar refractivity (Wildman–Crippen MR) is 132 cm³/mol. The van der Waals surface area contributed by atoms with Crippen molar-refractivity contribution in [2.75, 3.05) is 11.5 Å². The van der Waals surface area contributed by atoms with Gasteiger partial charge in [-0.25, -0.2) is 0 Å². The molecule has 4 heteroatoms. The van der Waals surface area contributed by atoms with Gasteiger partial charge < -0.3 is 20.9 Å². The van der Waals surface area contributed by atoms with Crippen molar-refractivity contribution in [3.8, 4) is 17.2 Å². The molecular formula is C28H28N2O2. The second-order valence-corrected chi connectivity index (χ2v) is 8.36. The lowest BCUT2D eigenvalue weighted by atomic mass is 9.76. The summed E-state index contributed by atoms with van der Waals surface area (Å²) in [6, 6.07) is 23.1. The number of benzene rings is 3. The molecule has 0 saturated carbocycles. The van der Waals surface area contributed by atoms with Crippen LogP contribution in [0.2, 0.25) is 0 Å². The van der Waals surface area contributed by atoms with E-state index in [4.69, 9.17) is 20.9 Å². The van der Waals surface area contributed by atoms with Crippen molar-refractivity contribution in [3.63, 3.8) is 0 Å². The molecule has 0 heterocycles. The lowest BCUT2D eigenvalue weighted by Crippen LogP contribution is -2.20. The third-order valence-electron chi connectivity index (χ3n) is 5.68. The van der Waals surface area contributed by atoms with Gasteiger partial charge in [0.15, 0.2) is 0 Å². The Labute approximate surface area is 189 Å². The van der Waals surface area contributed by atoms with Crippen LogP contribution < -0.4 is 20.9 Å². The first-order valence-electron chi connectivity index (χ1n) is 10.7. The fraction of sp³-hybridized carbons (Fsp3) is 0.143. The highest BCUT2D eigenvalue weighted by Crippen LogP contribution is 2.36. The van der Waals surface area contributed by atoms with E-state index in [1.807, 2.05) is 72.8 Å². The Morgan fingerprint density at radius 2 is 1.16 bits per heavy atom. The van der Waals surface area contributed by atoms with Crippen molar-refractivity contribution in [1.29, 1.82) is 0 Å². The average Bonchev–Trinajstić information content (AvgIpc) is 3.03. The summed E-state index contributed by atoms with van der Waals surface area (Å²) in [5.74, 6) is 3.13. The largest absolute Gasteiger partial charge is 0.457 e. The van der Waals surface area contributed by atoms with E-state index < -0.39 is 0 Å².